The van der Waals surface area contributed by atoms with Crippen LogP contribution in [0.4, 0.5) is 0 Å². The van der Waals surface area contributed by atoms with Gasteiger partial charge in [-0.15, -0.1) is 11.3 Å². The number of benzene rings is 10. The summed E-state index contributed by atoms with van der Waals surface area (Å²) < 4.78 is 8.87. The van der Waals surface area contributed by atoms with Crippen molar-refractivity contribution in [2.75, 3.05) is 0 Å². The average Bonchev–Trinajstić information content (AvgIpc) is 4.15. The van der Waals surface area contributed by atoms with E-state index in [9.17, 15) is 0 Å². The van der Waals surface area contributed by atoms with Crippen molar-refractivity contribution in [3.05, 3.63) is 263 Å². The summed E-state index contributed by atoms with van der Waals surface area (Å²) in [6.45, 7) is 0. The minimum Gasteiger partial charge on any atom is -0.456 e. The molecule has 0 atom stereocenters. The Balaban J connectivity index is 0.862. The minimum atomic E-state index is -0.363. The van der Waals surface area contributed by atoms with Gasteiger partial charge in [0.05, 0.1) is 5.41 Å². The zero-order valence-corrected chi connectivity index (χ0v) is 38.0. The molecule has 2 aliphatic carbocycles. The fourth-order valence-electron chi connectivity index (χ4n) is 11.3. The highest BCUT2D eigenvalue weighted by molar-refractivity contribution is 7.25. The van der Waals surface area contributed by atoms with Gasteiger partial charge in [-0.25, -0.2) is 9.98 Å². The lowest BCUT2D eigenvalue weighted by Gasteiger charge is -2.30. The van der Waals surface area contributed by atoms with Gasteiger partial charge >= 0.3 is 0 Å². The van der Waals surface area contributed by atoms with Crippen LogP contribution in [0.5, 0.6) is 0 Å². The number of aliphatic imine (C=N–C) groups is 2. The zero-order valence-electron chi connectivity index (χ0n) is 37.2. The predicted octanol–water partition coefficient (Wildman–Crippen LogP) is 16.5. The van der Waals surface area contributed by atoms with Gasteiger partial charge in [0.15, 0.2) is 11.7 Å². The van der Waals surface area contributed by atoms with E-state index in [0.29, 0.717) is 5.84 Å². The summed E-state index contributed by atoms with van der Waals surface area (Å²) in [4.78, 5) is 10.1. The third-order valence-corrected chi connectivity index (χ3v) is 15.4. The molecule has 0 unspecified atom stereocenters. The molecule has 69 heavy (non-hydrogen) atoms. The molecule has 0 saturated heterocycles. The molecule has 10 aromatic carbocycles. The summed E-state index contributed by atoms with van der Waals surface area (Å²) in [5.41, 5.74) is 18.9. The number of thiophene rings is 1. The molecule has 0 bridgehead atoms. The van der Waals surface area contributed by atoms with E-state index in [-0.39, 0.29) is 11.3 Å². The molecule has 0 saturated carbocycles. The maximum atomic E-state index is 9.09. The fraction of sp³-hybridized carbons (Fsp3) is 0.0156. The number of hydrogen-bond donors (Lipinski definition) is 1. The fourth-order valence-corrected chi connectivity index (χ4v) is 12.4. The molecule has 2 aliphatic rings. The van der Waals surface area contributed by atoms with E-state index < -0.39 is 0 Å². The van der Waals surface area contributed by atoms with Gasteiger partial charge in [-0.1, -0.05) is 182 Å². The van der Waals surface area contributed by atoms with Gasteiger partial charge in [0.25, 0.3) is 0 Å². The molecule has 2 heterocycles. The van der Waals surface area contributed by atoms with E-state index in [1.165, 1.54) is 54.8 Å². The monoisotopic (exact) mass is 897 g/mol. The Morgan fingerprint density at radius 1 is 0.449 bits per heavy atom. The van der Waals surface area contributed by atoms with E-state index in [1.54, 1.807) is 11.3 Å². The first kappa shape index (κ1) is 39.4. The molecule has 12 aromatic rings. The summed E-state index contributed by atoms with van der Waals surface area (Å²) in [5.74, 6) is 0.625. The molecule has 1 spiro atoms. The van der Waals surface area contributed by atoms with Crippen LogP contribution in [0.3, 0.4) is 0 Å². The second-order valence-electron chi connectivity index (χ2n) is 17.9. The van der Waals surface area contributed by atoms with Crippen molar-refractivity contribution in [3.63, 3.8) is 0 Å². The largest absolute Gasteiger partial charge is 0.456 e. The van der Waals surface area contributed by atoms with Crippen LogP contribution >= 0.6 is 11.3 Å². The first-order chi connectivity index (χ1) is 34.1. The van der Waals surface area contributed by atoms with Crippen molar-refractivity contribution in [2.24, 2.45) is 9.98 Å². The van der Waals surface area contributed by atoms with E-state index >= 15 is 0 Å². The summed E-state index contributed by atoms with van der Waals surface area (Å²) in [7, 11) is 0. The number of fused-ring (bicyclic) bond motifs is 16. The maximum absolute atomic E-state index is 9.09. The van der Waals surface area contributed by atoms with Crippen molar-refractivity contribution in [1.82, 2.24) is 0 Å². The third kappa shape index (κ3) is 5.97. The highest BCUT2D eigenvalue weighted by atomic mass is 32.1. The lowest BCUT2D eigenvalue weighted by atomic mass is 9.70. The molecule has 2 aromatic heterocycles. The molecular formula is C64H39N3OS. The third-order valence-electron chi connectivity index (χ3n) is 14.3. The smallest absolute Gasteiger partial charge is 0.162 e. The summed E-state index contributed by atoms with van der Waals surface area (Å²) >= 11 is 1.76. The topological polar surface area (TPSA) is 61.7 Å². The van der Waals surface area contributed by atoms with Crippen molar-refractivity contribution >= 4 is 71.3 Å². The minimum absolute atomic E-state index is 0.150. The SMILES string of the molecule is N=C(N=C(N=Cc1cccc2oc3ccc(-c4cccc(-c5ccc6c(c5)-c5ccccc5C65c6ccccc6-c6ccccc65)c4)cc3c12)c1cccc2sc3ccccc3c12)c1ccccc1. The Morgan fingerprint density at radius 2 is 1.04 bits per heavy atom. The summed E-state index contributed by atoms with van der Waals surface area (Å²) in [6.07, 6.45) is 1.88. The maximum Gasteiger partial charge on any atom is 0.162 e. The molecule has 1 N–H and O–H groups in total. The molecule has 0 radical (unpaired) electrons. The van der Waals surface area contributed by atoms with Gasteiger partial charge in [0.2, 0.25) is 0 Å². The van der Waals surface area contributed by atoms with Crippen LogP contribution in [-0.4, -0.2) is 17.9 Å². The van der Waals surface area contributed by atoms with Crippen LogP contribution < -0.4 is 0 Å². The van der Waals surface area contributed by atoms with Crippen molar-refractivity contribution < 1.29 is 4.42 Å². The number of furan rings is 1. The highest BCUT2D eigenvalue weighted by Crippen LogP contribution is 2.63. The van der Waals surface area contributed by atoms with E-state index in [4.69, 9.17) is 19.8 Å². The molecule has 0 fully saturated rings. The Bertz CT molecular complexity index is 4130. The lowest BCUT2D eigenvalue weighted by Crippen LogP contribution is -2.25. The van der Waals surface area contributed by atoms with Crippen molar-refractivity contribution in [2.45, 2.75) is 5.41 Å². The molecule has 0 amide bonds. The van der Waals surface area contributed by atoms with Crippen LogP contribution in [0.1, 0.15) is 38.9 Å². The summed E-state index contributed by atoms with van der Waals surface area (Å²) in [6, 6.07) is 79.8. The van der Waals surface area contributed by atoms with Gasteiger partial charge in [-0.3, -0.25) is 5.41 Å². The quantitative estimate of drug-likeness (QED) is 0.136. The lowest BCUT2D eigenvalue weighted by molar-refractivity contribution is 0.669. The van der Waals surface area contributed by atoms with Crippen LogP contribution in [0, 0.1) is 5.41 Å². The Morgan fingerprint density at radius 3 is 1.81 bits per heavy atom. The van der Waals surface area contributed by atoms with E-state index in [0.717, 1.165) is 70.8 Å². The first-order valence-corrected chi connectivity index (χ1v) is 24.1. The zero-order chi connectivity index (χ0) is 45.6. The first-order valence-electron chi connectivity index (χ1n) is 23.3. The van der Waals surface area contributed by atoms with Crippen molar-refractivity contribution in [1.29, 1.82) is 5.41 Å². The number of nitrogens with zero attached hydrogens (tertiary/aromatic N) is 2. The summed E-state index contributed by atoms with van der Waals surface area (Å²) in [5, 5.41) is 13.3. The molecule has 14 rings (SSSR count). The van der Waals surface area contributed by atoms with E-state index in [2.05, 4.69) is 182 Å². The number of nitrogens with one attached hydrogen (secondary N) is 1. The van der Waals surface area contributed by atoms with Crippen LogP contribution in [0.25, 0.3) is 86.6 Å². The molecular weight excluding hydrogens is 859 g/mol. The standard InChI is InChI=1S/C64H39N3OS/c65-62(39-15-2-1-3-16-39)67-63(49-24-14-30-59-61(49)48-23-7-11-29-58(48)69-59)66-38-44-19-13-28-57-60(44)51-37-43(32-34-56(51)68-57)41-18-12-17-40(35-41)42-31-33-55-50(36-42)47-22-6-10-27-54(47)64(55)52-25-8-4-20-45(52)46-21-5-9-26-53(46)64/h1-38,65H. The Kier molecular flexibility index (Phi) is 8.79. The van der Waals surface area contributed by atoms with Crippen LogP contribution in [0.15, 0.2) is 239 Å². The molecule has 322 valence electrons. The average molecular weight is 898 g/mol. The number of rotatable bonds is 5. The normalized spacial score (nSPS) is 13.4. The predicted molar refractivity (Wildman–Crippen MR) is 288 cm³/mol. The van der Waals surface area contributed by atoms with Crippen LogP contribution in [-0.2, 0) is 5.41 Å². The van der Waals surface area contributed by atoms with Crippen molar-refractivity contribution in [3.8, 4) is 44.5 Å². The molecule has 5 heteroatoms. The number of amidine groups is 2. The van der Waals surface area contributed by atoms with Gasteiger partial charge in [0, 0.05) is 53.8 Å². The second kappa shape index (κ2) is 15.4. The van der Waals surface area contributed by atoms with Gasteiger partial charge in [0.1, 0.15) is 11.2 Å². The van der Waals surface area contributed by atoms with Gasteiger partial charge in [-0.05, 0) is 109 Å². The second-order valence-corrected chi connectivity index (χ2v) is 19.0. The van der Waals surface area contributed by atoms with E-state index in [1.807, 2.05) is 48.7 Å². The highest BCUT2D eigenvalue weighted by Gasteiger charge is 2.51. The van der Waals surface area contributed by atoms with Crippen LogP contribution in [0.2, 0.25) is 0 Å². The van der Waals surface area contributed by atoms with Gasteiger partial charge < -0.3 is 4.42 Å². The number of hydrogen-bond acceptors (Lipinski definition) is 3. The Labute approximate surface area is 402 Å². The Hall–Kier alpha value is -8.77. The molecule has 4 nitrogen and oxygen atoms in total. The van der Waals surface area contributed by atoms with Gasteiger partial charge in [-0.2, -0.15) is 0 Å². The molecule has 0 aliphatic heterocycles.